The minimum atomic E-state index is -4.29. The molecule has 6 nitrogen and oxygen atoms in total. The lowest BCUT2D eigenvalue weighted by Gasteiger charge is -2.06. The molecule has 0 aliphatic rings. The molecule has 0 radical (unpaired) electrons. The fourth-order valence-electron chi connectivity index (χ4n) is 2.36. The lowest BCUT2D eigenvalue weighted by atomic mass is 10.1. The van der Waals surface area contributed by atoms with Crippen molar-refractivity contribution in [3.8, 4) is 0 Å². The molecular weight excluding hydrogens is 326 g/mol. The predicted octanol–water partition coefficient (Wildman–Crippen LogP) is 4.39. The highest BCUT2D eigenvalue weighted by Gasteiger charge is 2.12. The second kappa shape index (κ2) is 6.03. The quantitative estimate of drug-likeness (QED) is 0.418. The monoisotopic (exact) mass is 341 g/mol. The van der Waals surface area contributed by atoms with Crippen molar-refractivity contribution in [3.63, 3.8) is 0 Å². The van der Waals surface area contributed by atoms with Crippen LogP contribution in [0.4, 0.5) is 17.1 Å². The number of hydrogen-bond acceptors (Lipinski definition) is 5. The summed E-state index contributed by atoms with van der Waals surface area (Å²) in [5, 5.41) is 9.64. The number of nitrogens with zero attached hydrogens (tertiary/aromatic N) is 2. The van der Waals surface area contributed by atoms with Crippen molar-refractivity contribution in [1.29, 1.82) is 0 Å². The molecule has 0 atom stereocenters. The van der Waals surface area contributed by atoms with E-state index in [-0.39, 0.29) is 4.90 Å². The third kappa shape index (κ3) is 3.12. The van der Waals surface area contributed by atoms with Gasteiger partial charge >= 0.3 is 0 Å². The van der Waals surface area contributed by atoms with Crippen LogP contribution in [0.3, 0.4) is 0 Å². The third-order valence-corrected chi connectivity index (χ3v) is 4.53. The fourth-order valence-corrected chi connectivity index (χ4v) is 2.87. The van der Waals surface area contributed by atoms with E-state index in [1.165, 1.54) is 12.1 Å². The van der Waals surface area contributed by atoms with Crippen LogP contribution in [-0.4, -0.2) is 13.0 Å². The third-order valence-electron chi connectivity index (χ3n) is 3.68. The Labute approximate surface area is 139 Å². The molecule has 0 saturated carbocycles. The zero-order valence-electron chi connectivity index (χ0n) is 12.8. The first-order chi connectivity index (χ1) is 11.4. The van der Waals surface area contributed by atoms with Gasteiger partial charge in [-0.15, -0.1) is 5.11 Å². The fraction of sp³-hybridized carbons (Fsp3) is 0.0588. The van der Waals surface area contributed by atoms with Gasteiger partial charge in [0, 0.05) is 16.5 Å². The molecule has 0 bridgehead atoms. The van der Waals surface area contributed by atoms with Crippen molar-refractivity contribution < 1.29 is 13.0 Å². The number of anilines is 1. The van der Waals surface area contributed by atoms with Crippen molar-refractivity contribution in [2.24, 2.45) is 10.2 Å². The molecule has 0 fully saturated rings. The largest absolute Gasteiger partial charge is 0.398 e. The molecule has 0 aromatic heterocycles. The Balaban J connectivity index is 2.13. The summed E-state index contributed by atoms with van der Waals surface area (Å²) in [7, 11) is -4.29. The van der Waals surface area contributed by atoms with Gasteiger partial charge < -0.3 is 5.73 Å². The molecule has 24 heavy (non-hydrogen) atoms. The van der Waals surface area contributed by atoms with Crippen LogP contribution >= 0.6 is 0 Å². The maximum absolute atomic E-state index is 11.3. The predicted molar refractivity (Wildman–Crippen MR) is 93.5 cm³/mol. The van der Waals surface area contributed by atoms with Gasteiger partial charge in [-0.25, -0.2) is 0 Å². The van der Waals surface area contributed by atoms with Gasteiger partial charge in [-0.05, 0) is 42.8 Å². The van der Waals surface area contributed by atoms with Crippen molar-refractivity contribution in [3.05, 3.63) is 60.2 Å². The van der Waals surface area contributed by atoms with Crippen molar-refractivity contribution >= 4 is 38.0 Å². The summed E-state index contributed by atoms with van der Waals surface area (Å²) in [5.74, 6) is 0. The number of azo groups is 1. The highest BCUT2D eigenvalue weighted by atomic mass is 32.2. The number of nitrogens with two attached hydrogens (primary N) is 1. The minimum Gasteiger partial charge on any atom is -0.398 e. The highest BCUT2D eigenvalue weighted by Crippen LogP contribution is 2.33. The van der Waals surface area contributed by atoms with E-state index in [4.69, 9.17) is 5.73 Å². The standard InChI is InChI=1S/C17H15N3O3S/c1-11-4-2-3-5-16(11)19-20-17-9-8-15(18)14-10-12(24(21,22)23)6-7-13(14)17/h2-10H,18H2,1H3,(H,21,22,23). The van der Waals surface area contributed by atoms with Crippen LogP contribution in [0, 0.1) is 6.92 Å². The van der Waals surface area contributed by atoms with Crippen LogP contribution < -0.4 is 5.73 Å². The molecule has 7 heteroatoms. The van der Waals surface area contributed by atoms with E-state index in [0.29, 0.717) is 22.1 Å². The Hall–Kier alpha value is -2.77. The SMILES string of the molecule is Cc1ccccc1N=Nc1ccc(N)c2cc(S(=O)(=O)O)ccc12. The van der Waals surface area contributed by atoms with Gasteiger partial charge in [0.2, 0.25) is 0 Å². The molecule has 3 aromatic rings. The average Bonchev–Trinajstić information content (AvgIpc) is 2.54. The lowest BCUT2D eigenvalue weighted by molar-refractivity contribution is 0.483. The van der Waals surface area contributed by atoms with Gasteiger partial charge in [-0.2, -0.15) is 13.5 Å². The molecule has 0 aliphatic heterocycles. The van der Waals surface area contributed by atoms with Crippen molar-refractivity contribution in [1.82, 2.24) is 0 Å². The van der Waals surface area contributed by atoms with Gasteiger partial charge in [0.15, 0.2) is 0 Å². The van der Waals surface area contributed by atoms with Gasteiger partial charge in [0.1, 0.15) is 0 Å². The van der Waals surface area contributed by atoms with Gasteiger partial charge in [-0.3, -0.25) is 4.55 Å². The summed E-state index contributed by atoms with van der Waals surface area (Å²) < 4.78 is 31.8. The van der Waals surface area contributed by atoms with Crippen LogP contribution in [0.2, 0.25) is 0 Å². The molecular formula is C17H15N3O3S. The zero-order chi connectivity index (χ0) is 17.3. The Morgan fingerprint density at radius 3 is 2.33 bits per heavy atom. The topological polar surface area (TPSA) is 105 Å². The Morgan fingerprint density at radius 1 is 0.917 bits per heavy atom. The molecule has 0 unspecified atom stereocenters. The van der Waals surface area contributed by atoms with Crippen LogP contribution in [0.15, 0.2) is 69.7 Å². The molecule has 0 spiro atoms. The number of nitrogen functional groups attached to an aromatic ring is 1. The molecule has 0 amide bonds. The molecule has 3 N–H and O–H groups in total. The summed E-state index contributed by atoms with van der Waals surface area (Å²) in [5.41, 5.74) is 8.62. The lowest BCUT2D eigenvalue weighted by Crippen LogP contribution is -1.98. The van der Waals surface area contributed by atoms with Crippen LogP contribution in [0.25, 0.3) is 10.8 Å². The molecule has 0 aliphatic carbocycles. The van der Waals surface area contributed by atoms with Crippen molar-refractivity contribution in [2.75, 3.05) is 5.73 Å². The van der Waals surface area contributed by atoms with Crippen LogP contribution in [0.5, 0.6) is 0 Å². The van der Waals surface area contributed by atoms with Gasteiger partial charge in [0.05, 0.1) is 16.3 Å². The Bertz CT molecular complexity index is 1060. The van der Waals surface area contributed by atoms with Crippen molar-refractivity contribution in [2.45, 2.75) is 11.8 Å². The number of rotatable bonds is 3. The maximum Gasteiger partial charge on any atom is 0.294 e. The van der Waals surface area contributed by atoms with Gasteiger partial charge in [-0.1, -0.05) is 24.3 Å². The summed E-state index contributed by atoms with van der Waals surface area (Å²) in [4.78, 5) is -0.213. The second-order valence-corrected chi connectivity index (χ2v) is 6.76. The molecule has 0 saturated heterocycles. The molecule has 3 aromatic carbocycles. The normalized spacial score (nSPS) is 12.1. The number of hydrogen-bond donors (Lipinski definition) is 2. The summed E-state index contributed by atoms with van der Waals surface area (Å²) >= 11 is 0. The number of fused-ring (bicyclic) bond motifs is 1. The summed E-state index contributed by atoms with van der Waals surface area (Å²) in [6.45, 7) is 1.94. The van der Waals surface area contributed by atoms with E-state index in [1.807, 2.05) is 31.2 Å². The Kier molecular flexibility index (Phi) is 4.04. The molecule has 0 heterocycles. The second-order valence-electron chi connectivity index (χ2n) is 5.34. The first-order valence-corrected chi connectivity index (χ1v) is 8.57. The minimum absolute atomic E-state index is 0.213. The molecule has 3 rings (SSSR count). The van der Waals surface area contributed by atoms with E-state index in [9.17, 15) is 13.0 Å². The van der Waals surface area contributed by atoms with E-state index < -0.39 is 10.1 Å². The van der Waals surface area contributed by atoms with E-state index in [2.05, 4.69) is 10.2 Å². The first kappa shape index (κ1) is 16.1. The van der Waals surface area contributed by atoms with Gasteiger partial charge in [0.25, 0.3) is 10.1 Å². The summed E-state index contributed by atoms with van der Waals surface area (Å²) in [6.07, 6.45) is 0. The van der Waals surface area contributed by atoms with Crippen LogP contribution in [-0.2, 0) is 10.1 Å². The van der Waals surface area contributed by atoms with E-state index >= 15 is 0 Å². The smallest absolute Gasteiger partial charge is 0.294 e. The first-order valence-electron chi connectivity index (χ1n) is 7.13. The maximum atomic E-state index is 11.3. The highest BCUT2D eigenvalue weighted by molar-refractivity contribution is 7.85. The Morgan fingerprint density at radius 2 is 1.62 bits per heavy atom. The average molecular weight is 341 g/mol. The van der Waals surface area contributed by atoms with E-state index in [1.54, 1.807) is 18.2 Å². The summed E-state index contributed by atoms with van der Waals surface area (Å²) in [6, 6.07) is 15.1. The molecule has 122 valence electrons. The number of aryl methyl sites for hydroxylation is 1. The van der Waals surface area contributed by atoms with E-state index in [0.717, 1.165) is 11.3 Å². The zero-order valence-corrected chi connectivity index (χ0v) is 13.7. The van der Waals surface area contributed by atoms with Crippen LogP contribution in [0.1, 0.15) is 5.56 Å². The number of benzene rings is 3.